The smallest absolute Gasteiger partial charge is 0.166 e. The fourth-order valence-corrected chi connectivity index (χ4v) is 2.35. The first kappa shape index (κ1) is 11.3. The molecule has 0 amide bonds. The Balaban J connectivity index is 2.09. The van der Waals surface area contributed by atoms with Crippen LogP contribution in [0.1, 0.15) is 28.8 Å². The number of fused-ring (bicyclic) bond motifs is 1. The third-order valence-electron chi connectivity index (χ3n) is 3.34. The Bertz CT molecular complexity index is 384. The molecule has 0 radical (unpaired) electrons. The van der Waals surface area contributed by atoms with Crippen LogP contribution in [0.5, 0.6) is 0 Å². The molecule has 1 aliphatic carbocycles. The van der Waals surface area contributed by atoms with Gasteiger partial charge < -0.3 is 4.90 Å². The van der Waals surface area contributed by atoms with E-state index in [1.807, 2.05) is 18.2 Å². The maximum absolute atomic E-state index is 12.2. The molecule has 86 valence electrons. The fourth-order valence-electron chi connectivity index (χ4n) is 2.35. The van der Waals surface area contributed by atoms with Gasteiger partial charge in [-0.05, 0) is 45.5 Å². The predicted octanol–water partition coefficient (Wildman–Crippen LogP) is 2.38. The number of hydrogen-bond donors (Lipinski definition) is 0. The first-order chi connectivity index (χ1) is 7.68. The average molecular weight is 217 g/mol. The Morgan fingerprint density at radius 2 is 2.06 bits per heavy atom. The van der Waals surface area contributed by atoms with Crippen LogP contribution in [0.4, 0.5) is 0 Å². The summed E-state index contributed by atoms with van der Waals surface area (Å²) in [5.74, 6) is 0.584. The molecule has 0 heterocycles. The van der Waals surface area contributed by atoms with Crippen molar-refractivity contribution in [3.63, 3.8) is 0 Å². The van der Waals surface area contributed by atoms with Gasteiger partial charge in [0.25, 0.3) is 0 Å². The number of nitrogens with zero attached hydrogens (tertiary/aromatic N) is 1. The van der Waals surface area contributed by atoms with Gasteiger partial charge in [0.2, 0.25) is 0 Å². The lowest BCUT2D eigenvalue weighted by molar-refractivity contribution is 0.0888. The molecule has 2 rings (SSSR count). The van der Waals surface area contributed by atoms with Crippen molar-refractivity contribution in [2.75, 3.05) is 20.6 Å². The van der Waals surface area contributed by atoms with Gasteiger partial charge in [-0.25, -0.2) is 0 Å². The number of benzene rings is 1. The van der Waals surface area contributed by atoms with Crippen molar-refractivity contribution in [1.29, 1.82) is 0 Å². The summed E-state index contributed by atoms with van der Waals surface area (Å²) in [5.41, 5.74) is 2.19. The Morgan fingerprint density at radius 3 is 2.81 bits per heavy atom. The quantitative estimate of drug-likeness (QED) is 0.774. The van der Waals surface area contributed by atoms with Crippen molar-refractivity contribution in [2.24, 2.45) is 5.92 Å². The molecule has 0 fully saturated rings. The summed E-state index contributed by atoms with van der Waals surface area (Å²) in [4.78, 5) is 14.4. The molecule has 2 nitrogen and oxygen atoms in total. The normalized spacial score (nSPS) is 19.9. The molecule has 0 saturated heterocycles. The van der Waals surface area contributed by atoms with E-state index in [0.29, 0.717) is 5.78 Å². The lowest BCUT2D eigenvalue weighted by Gasteiger charge is -2.24. The molecule has 0 spiro atoms. The van der Waals surface area contributed by atoms with Crippen LogP contribution in [0, 0.1) is 5.92 Å². The maximum Gasteiger partial charge on any atom is 0.166 e. The molecule has 2 heteroatoms. The van der Waals surface area contributed by atoms with Crippen LogP contribution in [0.3, 0.4) is 0 Å². The molecule has 0 aromatic heterocycles. The van der Waals surface area contributed by atoms with Gasteiger partial charge in [-0.15, -0.1) is 0 Å². The first-order valence-corrected chi connectivity index (χ1v) is 5.95. The standard InChI is InChI=1S/C14H19NO/c1-15(2)10-9-12-8-7-11-5-3-4-6-13(11)14(12)16/h3-6,12H,7-10H2,1-2H3. The zero-order valence-electron chi connectivity index (χ0n) is 10.1. The van der Waals surface area contributed by atoms with E-state index in [-0.39, 0.29) is 5.92 Å². The molecule has 0 aliphatic heterocycles. The highest BCUT2D eigenvalue weighted by Gasteiger charge is 2.26. The highest BCUT2D eigenvalue weighted by molar-refractivity contribution is 6.00. The molecular formula is C14H19NO. The van der Waals surface area contributed by atoms with Crippen LogP contribution in [0.2, 0.25) is 0 Å². The van der Waals surface area contributed by atoms with Gasteiger partial charge in [0.1, 0.15) is 0 Å². The van der Waals surface area contributed by atoms with E-state index < -0.39 is 0 Å². The monoisotopic (exact) mass is 217 g/mol. The van der Waals surface area contributed by atoms with E-state index in [2.05, 4.69) is 25.1 Å². The summed E-state index contributed by atoms with van der Waals surface area (Å²) in [5, 5.41) is 0. The van der Waals surface area contributed by atoms with E-state index in [0.717, 1.165) is 31.4 Å². The van der Waals surface area contributed by atoms with E-state index in [9.17, 15) is 4.79 Å². The third-order valence-corrected chi connectivity index (χ3v) is 3.34. The van der Waals surface area contributed by atoms with Gasteiger partial charge in [0.15, 0.2) is 5.78 Å². The van der Waals surface area contributed by atoms with Crippen molar-refractivity contribution in [3.05, 3.63) is 35.4 Å². The van der Waals surface area contributed by atoms with Gasteiger partial charge in [-0.2, -0.15) is 0 Å². The van der Waals surface area contributed by atoms with Crippen molar-refractivity contribution in [3.8, 4) is 0 Å². The van der Waals surface area contributed by atoms with E-state index in [4.69, 9.17) is 0 Å². The molecular weight excluding hydrogens is 198 g/mol. The van der Waals surface area contributed by atoms with Crippen LogP contribution in [0.15, 0.2) is 24.3 Å². The molecule has 0 bridgehead atoms. The summed E-state index contributed by atoms with van der Waals surface area (Å²) >= 11 is 0. The number of carbonyl (C=O) groups is 1. The van der Waals surface area contributed by atoms with Crippen molar-refractivity contribution < 1.29 is 4.79 Å². The Hall–Kier alpha value is -1.15. The zero-order chi connectivity index (χ0) is 11.5. The third kappa shape index (κ3) is 2.33. The topological polar surface area (TPSA) is 20.3 Å². The summed E-state index contributed by atoms with van der Waals surface area (Å²) in [7, 11) is 4.11. The van der Waals surface area contributed by atoms with Gasteiger partial charge in [0, 0.05) is 11.5 Å². The van der Waals surface area contributed by atoms with Crippen molar-refractivity contribution in [1.82, 2.24) is 4.90 Å². The van der Waals surface area contributed by atoms with E-state index in [1.165, 1.54) is 5.56 Å². The van der Waals surface area contributed by atoms with Gasteiger partial charge >= 0.3 is 0 Å². The molecule has 1 atom stereocenters. The number of carbonyl (C=O) groups excluding carboxylic acids is 1. The molecule has 1 aromatic carbocycles. The minimum absolute atomic E-state index is 0.234. The number of aryl methyl sites for hydroxylation is 1. The van der Waals surface area contributed by atoms with Crippen LogP contribution in [0.25, 0.3) is 0 Å². The molecule has 1 aliphatic rings. The molecule has 1 unspecified atom stereocenters. The van der Waals surface area contributed by atoms with E-state index in [1.54, 1.807) is 0 Å². The van der Waals surface area contributed by atoms with Gasteiger partial charge in [-0.1, -0.05) is 24.3 Å². The SMILES string of the molecule is CN(C)CCC1CCc2ccccc2C1=O. The second-order valence-corrected chi connectivity index (χ2v) is 4.85. The van der Waals surface area contributed by atoms with Crippen LogP contribution < -0.4 is 0 Å². The maximum atomic E-state index is 12.2. The fraction of sp³-hybridized carbons (Fsp3) is 0.500. The van der Waals surface area contributed by atoms with Crippen molar-refractivity contribution >= 4 is 5.78 Å². The van der Waals surface area contributed by atoms with Crippen LogP contribution in [-0.2, 0) is 6.42 Å². The summed E-state index contributed by atoms with van der Waals surface area (Å²) in [6.45, 7) is 0.999. The van der Waals surface area contributed by atoms with Crippen molar-refractivity contribution in [2.45, 2.75) is 19.3 Å². The Kier molecular flexibility index (Phi) is 3.39. The number of rotatable bonds is 3. The lowest BCUT2D eigenvalue weighted by Crippen LogP contribution is -2.26. The minimum Gasteiger partial charge on any atom is -0.309 e. The Labute approximate surface area is 97.3 Å². The Morgan fingerprint density at radius 1 is 1.31 bits per heavy atom. The average Bonchev–Trinajstić information content (AvgIpc) is 2.28. The largest absolute Gasteiger partial charge is 0.309 e. The minimum atomic E-state index is 0.234. The number of Topliss-reactive ketones (excluding diaryl/α,β-unsaturated/α-hetero) is 1. The summed E-state index contributed by atoms with van der Waals surface area (Å²) in [6, 6.07) is 8.03. The summed E-state index contributed by atoms with van der Waals surface area (Å²) < 4.78 is 0. The van der Waals surface area contributed by atoms with E-state index >= 15 is 0 Å². The highest BCUT2D eigenvalue weighted by Crippen LogP contribution is 2.27. The van der Waals surface area contributed by atoms with Gasteiger partial charge in [-0.3, -0.25) is 4.79 Å². The molecule has 0 saturated carbocycles. The molecule has 0 N–H and O–H groups in total. The van der Waals surface area contributed by atoms with Crippen LogP contribution >= 0.6 is 0 Å². The second-order valence-electron chi connectivity index (χ2n) is 4.85. The predicted molar refractivity (Wildman–Crippen MR) is 65.8 cm³/mol. The van der Waals surface area contributed by atoms with Gasteiger partial charge in [0.05, 0.1) is 0 Å². The second kappa shape index (κ2) is 4.79. The number of hydrogen-bond acceptors (Lipinski definition) is 2. The molecule has 16 heavy (non-hydrogen) atoms. The summed E-state index contributed by atoms with van der Waals surface area (Å²) in [6.07, 6.45) is 3.06. The first-order valence-electron chi connectivity index (χ1n) is 5.95. The molecule has 1 aromatic rings. The van der Waals surface area contributed by atoms with Crippen LogP contribution in [-0.4, -0.2) is 31.3 Å². The lowest BCUT2D eigenvalue weighted by atomic mass is 9.81. The number of ketones is 1. The highest BCUT2D eigenvalue weighted by atomic mass is 16.1. The zero-order valence-corrected chi connectivity index (χ0v) is 10.1.